The molecule has 3 fully saturated rings. The third-order valence-corrected chi connectivity index (χ3v) is 10.5. The van der Waals surface area contributed by atoms with Gasteiger partial charge < -0.3 is 9.84 Å². The second-order valence-corrected chi connectivity index (χ2v) is 13.6. The molecule has 1 N–H and O–H groups in total. The predicted molar refractivity (Wildman–Crippen MR) is 139 cm³/mol. The van der Waals surface area contributed by atoms with E-state index in [1.54, 1.807) is 6.07 Å². The minimum atomic E-state index is -5.76. The van der Waals surface area contributed by atoms with Gasteiger partial charge in [0.05, 0.1) is 18.4 Å². The van der Waals surface area contributed by atoms with Crippen molar-refractivity contribution in [3.8, 4) is 11.1 Å². The first kappa shape index (κ1) is 26.4. The maximum Gasteiger partial charge on any atom is 0.478 e. The molecule has 2 aromatic carbocycles. The Balaban J connectivity index is 1.13. The molecule has 6 rings (SSSR count). The first-order valence-corrected chi connectivity index (χ1v) is 14.7. The lowest BCUT2D eigenvalue weighted by Gasteiger charge is -2.44. The number of halogens is 2. The van der Waals surface area contributed by atoms with Crippen LogP contribution in [-0.2, 0) is 30.4 Å². The van der Waals surface area contributed by atoms with Gasteiger partial charge in [0.2, 0.25) is 0 Å². The van der Waals surface area contributed by atoms with E-state index in [4.69, 9.17) is 4.74 Å². The van der Waals surface area contributed by atoms with Crippen molar-refractivity contribution < 1.29 is 36.1 Å². The largest absolute Gasteiger partial charge is 0.478 e. The van der Waals surface area contributed by atoms with Crippen LogP contribution < -0.4 is 0 Å². The van der Waals surface area contributed by atoms with Crippen molar-refractivity contribution in [2.24, 2.45) is 27.8 Å². The SMILES string of the molecule is CC(=NOS(=O)(=O)C(F)(F)C(=O)OCC12CC(O)C3CC(C)CC1(C3)C2)c1ccc2c(c1)-c1ccccc1C2. The number of carbonyl (C=O) groups is 1. The number of hydrogen-bond acceptors (Lipinski definition) is 7. The quantitative estimate of drug-likeness (QED) is 0.247. The molecular weight excluding hydrogens is 528 g/mol. The highest BCUT2D eigenvalue weighted by Crippen LogP contribution is 2.77. The van der Waals surface area contributed by atoms with Crippen molar-refractivity contribution in [3.05, 3.63) is 59.2 Å². The zero-order chi connectivity index (χ0) is 27.8. The third-order valence-electron chi connectivity index (χ3n) is 9.44. The molecule has 0 heterocycles. The van der Waals surface area contributed by atoms with E-state index in [-0.39, 0.29) is 23.7 Å². The summed E-state index contributed by atoms with van der Waals surface area (Å²) in [6.45, 7) is 3.18. The fourth-order valence-electron chi connectivity index (χ4n) is 7.47. The van der Waals surface area contributed by atoms with Crippen LogP contribution in [-0.4, -0.2) is 43.2 Å². The second kappa shape index (κ2) is 8.83. The molecular formula is C29H31F2NO6S. The molecule has 5 unspecified atom stereocenters. The molecule has 4 aliphatic rings. The molecule has 2 bridgehead atoms. The fraction of sp³-hybridized carbons (Fsp3) is 0.517. The molecule has 208 valence electrons. The number of benzene rings is 2. The molecule has 5 atom stereocenters. The van der Waals surface area contributed by atoms with Gasteiger partial charge in [-0.05, 0) is 96.6 Å². The maximum atomic E-state index is 14.8. The molecule has 3 saturated carbocycles. The highest BCUT2D eigenvalue weighted by Gasteiger charge is 2.72. The number of nitrogens with zero attached hydrogens (tertiary/aromatic N) is 1. The Morgan fingerprint density at radius 2 is 1.87 bits per heavy atom. The van der Waals surface area contributed by atoms with Crippen LogP contribution in [0.15, 0.2) is 47.6 Å². The summed E-state index contributed by atoms with van der Waals surface area (Å²) >= 11 is 0. The van der Waals surface area contributed by atoms with Gasteiger partial charge in [0.15, 0.2) is 0 Å². The standard InChI is InChI=1S/C29H31F2NO6S/c1-17-9-22-13-27(12-17)15-28(27,14-25(22)33)16-37-26(34)29(30,31)39(35,36)38-32-18(2)19-7-8-21-10-20-5-3-4-6-23(20)24(21)11-19/h3-8,11,17,22,25,33H,9-10,12-16H2,1-2H3. The Bertz CT molecular complexity index is 1490. The summed E-state index contributed by atoms with van der Waals surface area (Å²) in [7, 11) is -5.76. The summed E-state index contributed by atoms with van der Waals surface area (Å²) in [6.07, 6.45) is 3.80. The summed E-state index contributed by atoms with van der Waals surface area (Å²) in [5.74, 6) is -1.65. The van der Waals surface area contributed by atoms with E-state index in [9.17, 15) is 27.1 Å². The maximum absolute atomic E-state index is 14.8. The molecule has 1 spiro atoms. The number of aliphatic hydroxyl groups excluding tert-OH is 1. The highest BCUT2D eigenvalue weighted by atomic mass is 32.2. The lowest BCUT2D eigenvalue weighted by molar-refractivity contribution is -0.166. The smallest absolute Gasteiger partial charge is 0.460 e. The Hall–Kier alpha value is -2.85. The topological polar surface area (TPSA) is 102 Å². The molecule has 0 amide bonds. The lowest BCUT2D eigenvalue weighted by Crippen LogP contribution is -2.44. The molecule has 0 aliphatic heterocycles. The van der Waals surface area contributed by atoms with Gasteiger partial charge in [-0.3, -0.25) is 4.28 Å². The number of ether oxygens (including phenoxy) is 1. The van der Waals surface area contributed by atoms with Gasteiger partial charge in [-0.25, -0.2) is 4.79 Å². The fourth-order valence-corrected chi connectivity index (χ4v) is 8.04. The minimum absolute atomic E-state index is 0.0610. The highest BCUT2D eigenvalue weighted by molar-refractivity contribution is 7.88. The average Bonchev–Trinajstić information content (AvgIpc) is 3.31. The summed E-state index contributed by atoms with van der Waals surface area (Å²) in [5, 5.41) is 9.04. The average molecular weight is 560 g/mol. The van der Waals surface area contributed by atoms with Crippen LogP contribution in [0.2, 0.25) is 0 Å². The van der Waals surface area contributed by atoms with Crippen LogP contribution in [0.4, 0.5) is 8.78 Å². The summed E-state index contributed by atoms with van der Waals surface area (Å²) in [6, 6.07) is 13.3. The van der Waals surface area contributed by atoms with Crippen LogP contribution in [0.1, 0.15) is 62.6 Å². The molecule has 0 aromatic heterocycles. The minimum Gasteiger partial charge on any atom is -0.460 e. The number of hydrogen-bond donors (Lipinski definition) is 1. The number of aliphatic hydroxyl groups is 1. The van der Waals surface area contributed by atoms with Gasteiger partial charge in [0.25, 0.3) is 0 Å². The predicted octanol–water partition coefficient (Wildman–Crippen LogP) is 5.04. The van der Waals surface area contributed by atoms with Gasteiger partial charge in [0, 0.05) is 5.41 Å². The van der Waals surface area contributed by atoms with E-state index in [0.29, 0.717) is 24.3 Å². The molecule has 0 saturated heterocycles. The number of esters is 1. The van der Waals surface area contributed by atoms with Crippen LogP contribution in [0.5, 0.6) is 0 Å². The summed E-state index contributed by atoms with van der Waals surface area (Å²) in [4.78, 5) is 12.3. The molecule has 7 nitrogen and oxygen atoms in total. The van der Waals surface area contributed by atoms with Crippen molar-refractivity contribution >= 4 is 21.8 Å². The van der Waals surface area contributed by atoms with E-state index in [1.807, 2.05) is 36.4 Å². The van der Waals surface area contributed by atoms with E-state index < -0.39 is 32.9 Å². The van der Waals surface area contributed by atoms with Gasteiger partial charge in [-0.1, -0.05) is 48.5 Å². The molecule has 10 heteroatoms. The van der Waals surface area contributed by atoms with Crippen LogP contribution in [0.25, 0.3) is 11.1 Å². The van der Waals surface area contributed by atoms with Crippen molar-refractivity contribution in [2.45, 2.75) is 63.7 Å². The second-order valence-electron chi connectivity index (χ2n) is 12.0. The van der Waals surface area contributed by atoms with Gasteiger partial charge >= 0.3 is 21.3 Å². The molecule has 4 aliphatic carbocycles. The zero-order valence-electron chi connectivity index (χ0n) is 21.8. The Labute approximate surface area is 226 Å². The van der Waals surface area contributed by atoms with Crippen molar-refractivity contribution in [3.63, 3.8) is 0 Å². The summed E-state index contributed by atoms with van der Waals surface area (Å²) in [5.41, 5.74) is 4.09. The monoisotopic (exact) mass is 559 g/mol. The van der Waals surface area contributed by atoms with E-state index >= 15 is 0 Å². The molecule has 39 heavy (non-hydrogen) atoms. The third kappa shape index (κ3) is 4.18. The number of rotatable bonds is 7. The Morgan fingerprint density at radius 3 is 2.67 bits per heavy atom. The molecule has 2 aromatic rings. The number of fused-ring (bicyclic) bond motifs is 4. The van der Waals surface area contributed by atoms with Crippen LogP contribution >= 0.6 is 0 Å². The molecule has 0 radical (unpaired) electrons. The van der Waals surface area contributed by atoms with E-state index in [1.165, 1.54) is 6.92 Å². The first-order chi connectivity index (χ1) is 18.4. The Morgan fingerprint density at radius 1 is 1.13 bits per heavy atom. The summed E-state index contributed by atoms with van der Waals surface area (Å²) < 4.78 is 63.5. The normalized spacial score (nSPS) is 31.1. The van der Waals surface area contributed by atoms with E-state index in [0.717, 1.165) is 47.9 Å². The number of carbonyl (C=O) groups excluding carboxylic acids is 1. The van der Waals surface area contributed by atoms with E-state index in [2.05, 4.69) is 16.4 Å². The van der Waals surface area contributed by atoms with Crippen LogP contribution in [0.3, 0.4) is 0 Å². The van der Waals surface area contributed by atoms with Gasteiger partial charge in [0.1, 0.15) is 0 Å². The van der Waals surface area contributed by atoms with Crippen LogP contribution in [0, 0.1) is 22.7 Å². The first-order valence-electron chi connectivity index (χ1n) is 13.3. The van der Waals surface area contributed by atoms with Gasteiger partial charge in [-0.2, -0.15) is 17.2 Å². The number of alkyl halides is 2. The van der Waals surface area contributed by atoms with Gasteiger partial charge in [-0.15, -0.1) is 0 Å². The zero-order valence-corrected chi connectivity index (χ0v) is 22.6. The van der Waals surface area contributed by atoms with Crippen molar-refractivity contribution in [1.82, 2.24) is 0 Å². The number of oxime groups is 1. The Kier molecular flexibility index (Phi) is 5.97. The van der Waals surface area contributed by atoms with Crippen molar-refractivity contribution in [2.75, 3.05) is 6.61 Å². The van der Waals surface area contributed by atoms with Crippen molar-refractivity contribution in [1.29, 1.82) is 0 Å². The lowest BCUT2D eigenvalue weighted by atomic mass is 9.63.